The quantitative estimate of drug-likeness (QED) is 0.889. The second-order valence-corrected chi connectivity index (χ2v) is 7.49. The summed E-state index contributed by atoms with van der Waals surface area (Å²) in [7, 11) is 0. The summed E-state index contributed by atoms with van der Waals surface area (Å²) < 4.78 is 0. The second kappa shape index (κ2) is 6.10. The first-order valence-corrected chi connectivity index (χ1v) is 8.62. The van der Waals surface area contributed by atoms with E-state index in [9.17, 15) is 0 Å². The SMILES string of the molecule is CC(CCN1CC(C)(C2CC2)NCC1C)c1ccccc1. The van der Waals surface area contributed by atoms with Crippen LogP contribution < -0.4 is 5.32 Å². The maximum Gasteiger partial charge on any atom is 0.0309 e. The smallest absolute Gasteiger partial charge is 0.0309 e. The molecule has 1 N–H and O–H groups in total. The van der Waals surface area contributed by atoms with E-state index in [1.54, 1.807) is 0 Å². The fourth-order valence-corrected chi connectivity index (χ4v) is 3.74. The third-order valence-electron chi connectivity index (χ3n) is 5.65. The van der Waals surface area contributed by atoms with Gasteiger partial charge in [0.05, 0.1) is 0 Å². The summed E-state index contributed by atoms with van der Waals surface area (Å²) in [5.74, 6) is 1.57. The van der Waals surface area contributed by atoms with Gasteiger partial charge in [-0.25, -0.2) is 0 Å². The molecule has 0 bridgehead atoms. The van der Waals surface area contributed by atoms with Crippen molar-refractivity contribution in [2.24, 2.45) is 5.92 Å². The molecule has 1 saturated heterocycles. The van der Waals surface area contributed by atoms with Crippen LogP contribution in [0.4, 0.5) is 0 Å². The van der Waals surface area contributed by atoms with Gasteiger partial charge in [-0.15, -0.1) is 0 Å². The summed E-state index contributed by atoms with van der Waals surface area (Å²) in [4.78, 5) is 2.72. The Morgan fingerprint density at radius 3 is 2.67 bits per heavy atom. The zero-order valence-electron chi connectivity index (χ0n) is 13.8. The molecule has 1 saturated carbocycles. The zero-order valence-corrected chi connectivity index (χ0v) is 13.8. The van der Waals surface area contributed by atoms with Crippen molar-refractivity contribution < 1.29 is 0 Å². The maximum atomic E-state index is 3.81. The Morgan fingerprint density at radius 2 is 2.00 bits per heavy atom. The molecule has 3 atom stereocenters. The Labute approximate surface area is 129 Å². The van der Waals surface area contributed by atoms with Gasteiger partial charge in [0.2, 0.25) is 0 Å². The molecule has 3 rings (SSSR count). The van der Waals surface area contributed by atoms with E-state index in [1.807, 2.05) is 0 Å². The number of hydrogen-bond acceptors (Lipinski definition) is 2. The summed E-state index contributed by atoms with van der Waals surface area (Å²) in [5.41, 5.74) is 1.84. The van der Waals surface area contributed by atoms with Crippen LogP contribution in [0.1, 0.15) is 51.5 Å². The molecular formula is C19H30N2. The van der Waals surface area contributed by atoms with E-state index in [-0.39, 0.29) is 0 Å². The highest BCUT2D eigenvalue weighted by molar-refractivity contribution is 5.18. The largest absolute Gasteiger partial charge is 0.308 e. The van der Waals surface area contributed by atoms with Crippen molar-refractivity contribution >= 4 is 0 Å². The summed E-state index contributed by atoms with van der Waals surface area (Å²) in [6.45, 7) is 10.8. The average Bonchev–Trinajstić information content (AvgIpc) is 3.34. The molecule has 1 aromatic carbocycles. The highest BCUT2D eigenvalue weighted by atomic mass is 15.3. The minimum atomic E-state index is 0.364. The van der Waals surface area contributed by atoms with Crippen LogP contribution in [0, 0.1) is 5.92 Å². The molecule has 21 heavy (non-hydrogen) atoms. The lowest BCUT2D eigenvalue weighted by Gasteiger charge is -2.46. The predicted molar refractivity (Wildman–Crippen MR) is 89.6 cm³/mol. The van der Waals surface area contributed by atoms with E-state index in [2.05, 4.69) is 61.3 Å². The first-order chi connectivity index (χ1) is 10.1. The van der Waals surface area contributed by atoms with E-state index < -0.39 is 0 Å². The first-order valence-electron chi connectivity index (χ1n) is 8.62. The molecular weight excluding hydrogens is 256 g/mol. The van der Waals surface area contributed by atoms with Gasteiger partial charge in [0.15, 0.2) is 0 Å². The lowest BCUT2D eigenvalue weighted by Crippen LogP contribution is -2.63. The molecule has 0 aromatic heterocycles. The molecule has 2 nitrogen and oxygen atoms in total. The van der Waals surface area contributed by atoms with Crippen molar-refractivity contribution in [2.75, 3.05) is 19.6 Å². The molecule has 2 heteroatoms. The molecule has 2 aliphatic rings. The van der Waals surface area contributed by atoms with Crippen LogP contribution in [-0.4, -0.2) is 36.1 Å². The number of benzene rings is 1. The van der Waals surface area contributed by atoms with Crippen LogP contribution in [0.3, 0.4) is 0 Å². The van der Waals surface area contributed by atoms with Crippen LogP contribution in [0.25, 0.3) is 0 Å². The lowest BCUT2D eigenvalue weighted by atomic mass is 9.90. The van der Waals surface area contributed by atoms with Crippen LogP contribution in [-0.2, 0) is 0 Å². The van der Waals surface area contributed by atoms with E-state index in [4.69, 9.17) is 0 Å². The standard InChI is InChI=1S/C19H30N2/c1-15(17-7-5-4-6-8-17)11-12-21-14-19(3,18-9-10-18)20-13-16(21)2/h4-8,15-16,18,20H,9-14H2,1-3H3. The van der Waals surface area contributed by atoms with E-state index >= 15 is 0 Å². The van der Waals surface area contributed by atoms with Crippen LogP contribution in [0.2, 0.25) is 0 Å². The van der Waals surface area contributed by atoms with Gasteiger partial charge in [0.25, 0.3) is 0 Å². The molecule has 1 aliphatic heterocycles. The lowest BCUT2D eigenvalue weighted by molar-refractivity contribution is 0.0809. The Kier molecular flexibility index (Phi) is 4.37. The molecule has 1 heterocycles. The van der Waals surface area contributed by atoms with E-state index in [0.29, 0.717) is 17.5 Å². The van der Waals surface area contributed by atoms with Crippen molar-refractivity contribution in [2.45, 2.75) is 57.5 Å². The Morgan fingerprint density at radius 1 is 1.29 bits per heavy atom. The predicted octanol–water partition coefficient (Wildman–Crippen LogP) is 3.64. The van der Waals surface area contributed by atoms with Gasteiger partial charge in [-0.3, -0.25) is 4.90 Å². The topological polar surface area (TPSA) is 15.3 Å². The monoisotopic (exact) mass is 286 g/mol. The van der Waals surface area contributed by atoms with Gasteiger partial charge >= 0.3 is 0 Å². The van der Waals surface area contributed by atoms with Crippen LogP contribution >= 0.6 is 0 Å². The third kappa shape index (κ3) is 3.49. The van der Waals surface area contributed by atoms with Gasteiger partial charge in [-0.1, -0.05) is 37.3 Å². The average molecular weight is 286 g/mol. The summed E-state index contributed by atoms with van der Waals surface area (Å²) >= 11 is 0. The molecule has 1 aliphatic carbocycles. The second-order valence-electron chi connectivity index (χ2n) is 7.49. The first kappa shape index (κ1) is 15.1. The number of rotatable bonds is 5. The highest BCUT2D eigenvalue weighted by Crippen LogP contribution is 2.41. The molecule has 3 unspecified atom stereocenters. The fraction of sp³-hybridized carbons (Fsp3) is 0.684. The molecule has 116 valence electrons. The molecule has 0 spiro atoms. The minimum Gasteiger partial charge on any atom is -0.308 e. The van der Waals surface area contributed by atoms with E-state index in [1.165, 1.54) is 37.9 Å². The fourth-order valence-electron chi connectivity index (χ4n) is 3.74. The van der Waals surface area contributed by atoms with Gasteiger partial charge < -0.3 is 5.32 Å². The van der Waals surface area contributed by atoms with Crippen LogP contribution in [0.15, 0.2) is 30.3 Å². The van der Waals surface area contributed by atoms with Gasteiger partial charge in [-0.2, -0.15) is 0 Å². The Hall–Kier alpha value is -0.860. The number of nitrogens with zero attached hydrogens (tertiary/aromatic N) is 1. The highest BCUT2D eigenvalue weighted by Gasteiger charge is 2.45. The van der Waals surface area contributed by atoms with Crippen molar-refractivity contribution in [1.82, 2.24) is 10.2 Å². The Balaban J connectivity index is 1.56. The summed E-state index contributed by atoms with van der Waals surface area (Å²) in [5, 5.41) is 3.81. The van der Waals surface area contributed by atoms with Crippen molar-refractivity contribution in [3.8, 4) is 0 Å². The van der Waals surface area contributed by atoms with Crippen molar-refractivity contribution in [3.05, 3.63) is 35.9 Å². The number of nitrogens with one attached hydrogen (secondary N) is 1. The van der Waals surface area contributed by atoms with Crippen molar-refractivity contribution in [3.63, 3.8) is 0 Å². The molecule has 0 radical (unpaired) electrons. The molecule has 1 aromatic rings. The van der Waals surface area contributed by atoms with Gasteiger partial charge in [0.1, 0.15) is 0 Å². The third-order valence-corrected chi connectivity index (χ3v) is 5.65. The molecule has 0 amide bonds. The summed E-state index contributed by atoms with van der Waals surface area (Å²) in [6, 6.07) is 11.6. The summed E-state index contributed by atoms with van der Waals surface area (Å²) in [6.07, 6.45) is 4.10. The van der Waals surface area contributed by atoms with Crippen LogP contribution in [0.5, 0.6) is 0 Å². The Bertz CT molecular complexity index is 454. The van der Waals surface area contributed by atoms with Gasteiger partial charge in [0, 0.05) is 24.7 Å². The molecule has 2 fully saturated rings. The van der Waals surface area contributed by atoms with E-state index in [0.717, 1.165) is 12.5 Å². The van der Waals surface area contributed by atoms with Gasteiger partial charge in [-0.05, 0) is 57.1 Å². The number of piperazine rings is 1. The van der Waals surface area contributed by atoms with Crippen molar-refractivity contribution in [1.29, 1.82) is 0 Å². The maximum absolute atomic E-state index is 3.81. The zero-order chi connectivity index (χ0) is 14.9. The minimum absolute atomic E-state index is 0.364. The normalized spacial score (nSPS) is 32.0. The number of hydrogen-bond donors (Lipinski definition) is 1.